The number of thiazole rings is 1. The molecular weight excluding hydrogens is 358 g/mol. The summed E-state index contributed by atoms with van der Waals surface area (Å²) in [6.07, 6.45) is 1.26. The maximum Gasteiger partial charge on any atom is 0.342 e. The summed E-state index contributed by atoms with van der Waals surface area (Å²) >= 11 is 4.49. The van der Waals surface area contributed by atoms with E-state index in [1.54, 1.807) is 5.38 Å². The number of aromatic carboxylic acids is 1. The summed E-state index contributed by atoms with van der Waals surface area (Å²) in [4.78, 5) is 15.4. The number of halogens is 1. The Morgan fingerprint density at radius 1 is 1.33 bits per heavy atom. The van der Waals surface area contributed by atoms with Crippen molar-refractivity contribution in [1.29, 1.82) is 0 Å². The van der Waals surface area contributed by atoms with Crippen LogP contribution in [0.2, 0.25) is 0 Å². The molecule has 0 aliphatic carbocycles. The fourth-order valence-corrected chi connectivity index (χ4v) is 2.79. The first-order chi connectivity index (χ1) is 10.1. The minimum absolute atomic E-state index is 0.0230. The molecule has 2 heterocycles. The number of rotatable bonds is 4. The van der Waals surface area contributed by atoms with Crippen LogP contribution in [-0.2, 0) is 0 Å². The monoisotopic (exact) mass is 365 g/mol. The normalized spacial score (nSPS) is 10.5. The van der Waals surface area contributed by atoms with Gasteiger partial charge in [-0.2, -0.15) is 14.8 Å². The maximum absolute atomic E-state index is 11.3. The zero-order chi connectivity index (χ0) is 14.8. The average molecular weight is 366 g/mol. The largest absolute Gasteiger partial charge is 0.477 e. The average Bonchev–Trinajstić information content (AvgIpc) is 3.07. The van der Waals surface area contributed by atoms with Crippen molar-refractivity contribution >= 4 is 33.2 Å². The molecule has 0 unspecified atom stereocenters. The van der Waals surface area contributed by atoms with Gasteiger partial charge in [0.05, 0.1) is 11.9 Å². The molecule has 0 bridgehead atoms. The fourth-order valence-electron chi connectivity index (χ4n) is 1.70. The Bertz CT molecular complexity index is 785. The van der Waals surface area contributed by atoms with Gasteiger partial charge >= 0.3 is 5.97 Å². The van der Waals surface area contributed by atoms with Crippen LogP contribution in [-0.4, -0.2) is 25.8 Å². The first kappa shape index (κ1) is 13.8. The van der Waals surface area contributed by atoms with Crippen LogP contribution in [0.15, 0.2) is 46.5 Å². The quantitative estimate of drug-likeness (QED) is 0.764. The van der Waals surface area contributed by atoms with Crippen LogP contribution < -0.4 is 4.74 Å². The van der Waals surface area contributed by atoms with E-state index in [0.29, 0.717) is 15.5 Å². The first-order valence-corrected chi connectivity index (χ1v) is 7.48. The number of hydrogen-bond acceptors (Lipinski definition) is 5. The van der Waals surface area contributed by atoms with E-state index in [4.69, 9.17) is 4.74 Å². The molecule has 0 radical (unpaired) electrons. The second-order valence-electron chi connectivity index (χ2n) is 3.95. The number of carboxylic acids is 1. The van der Waals surface area contributed by atoms with Gasteiger partial charge in [-0.25, -0.2) is 4.79 Å². The summed E-state index contributed by atoms with van der Waals surface area (Å²) < 4.78 is 7.67. The number of carboxylic acid groups (broad SMARTS) is 1. The number of para-hydroxylation sites is 1. The predicted molar refractivity (Wildman–Crippen MR) is 80.4 cm³/mol. The highest BCUT2D eigenvalue weighted by atomic mass is 79.9. The highest BCUT2D eigenvalue weighted by Gasteiger charge is 2.21. The molecular formula is C13H8BrN3O3S. The molecule has 3 rings (SSSR count). The maximum atomic E-state index is 11.3. The summed E-state index contributed by atoms with van der Waals surface area (Å²) in [5.41, 5.74) is 0.681. The highest BCUT2D eigenvalue weighted by Crippen LogP contribution is 2.31. The highest BCUT2D eigenvalue weighted by molar-refractivity contribution is 9.10. The molecule has 21 heavy (non-hydrogen) atoms. The zero-order valence-electron chi connectivity index (χ0n) is 10.4. The Morgan fingerprint density at radius 2 is 2.10 bits per heavy atom. The van der Waals surface area contributed by atoms with Gasteiger partial charge in [-0.15, -0.1) is 0 Å². The van der Waals surface area contributed by atoms with Crippen LogP contribution in [0, 0.1) is 0 Å². The van der Waals surface area contributed by atoms with Gasteiger partial charge < -0.3 is 9.84 Å². The van der Waals surface area contributed by atoms with Crippen LogP contribution in [0.1, 0.15) is 10.4 Å². The molecule has 0 atom stereocenters. The van der Waals surface area contributed by atoms with E-state index in [0.717, 1.165) is 0 Å². The van der Waals surface area contributed by atoms with Gasteiger partial charge in [0.25, 0.3) is 5.19 Å². The molecule has 0 fully saturated rings. The van der Waals surface area contributed by atoms with Crippen LogP contribution in [0.5, 0.6) is 11.1 Å². The van der Waals surface area contributed by atoms with Gasteiger partial charge in [-0.1, -0.05) is 29.5 Å². The summed E-state index contributed by atoms with van der Waals surface area (Å²) in [5, 5.41) is 15.4. The van der Waals surface area contributed by atoms with Gasteiger partial charge in [-0.3, -0.25) is 0 Å². The fraction of sp³-hybridized carbons (Fsp3) is 0. The van der Waals surface area contributed by atoms with E-state index in [1.165, 1.54) is 22.2 Å². The Hall–Kier alpha value is -2.19. The van der Waals surface area contributed by atoms with Crippen molar-refractivity contribution in [3.05, 3.63) is 52.1 Å². The molecule has 8 heteroatoms. The van der Waals surface area contributed by atoms with E-state index in [2.05, 4.69) is 26.0 Å². The summed E-state index contributed by atoms with van der Waals surface area (Å²) in [6.45, 7) is 0. The van der Waals surface area contributed by atoms with Crippen LogP contribution in [0.4, 0.5) is 0 Å². The molecule has 0 saturated carbocycles. The summed E-state index contributed by atoms with van der Waals surface area (Å²) in [5.74, 6) is -0.988. The smallest absolute Gasteiger partial charge is 0.342 e. The van der Waals surface area contributed by atoms with Crippen molar-refractivity contribution in [2.45, 2.75) is 0 Å². The van der Waals surface area contributed by atoms with Gasteiger partial charge in [0.1, 0.15) is 10.2 Å². The minimum Gasteiger partial charge on any atom is -0.477 e. The van der Waals surface area contributed by atoms with Gasteiger partial charge in [-0.05, 0) is 28.1 Å². The van der Waals surface area contributed by atoms with Crippen LogP contribution in [0.25, 0.3) is 5.69 Å². The number of benzene rings is 1. The predicted octanol–water partition coefficient (Wildman–Crippen LogP) is 3.58. The van der Waals surface area contributed by atoms with E-state index >= 15 is 0 Å². The minimum atomic E-state index is -1.11. The number of carbonyl (C=O) groups is 1. The zero-order valence-corrected chi connectivity index (χ0v) is 12.8. The van der Waals surface area contributed by atoms with Crippen molar-refractivity contribution in [2.75, 3.05) is 0 Å². The Labute approximate surface area is 131 Å². The van der Waals surface area contributed by atoms with Crippen molar-refractivity contribution < 1.29 is 14.6 Å². The van der Waals surface area contributed by atoms with Crippen LogP contribution in [0.3, 0.4) is 0 Å². The molecule has 0 spiro atoms. The summed E-state index contributed by atoms with van der Waals surface area (Å²) in [7, 11) is 0. The second-order valence-corrected chi connectivity index (χ2v) is 5.59. The lowest BCUT2D eigenvalue weighted by Gasteiger charge is -2.07. The molecule has 2 aromatic heterocycles. The molecule has 0 aliphatic rings. The van der Waals surface area contributed by atoms with Gasteiger partial charge in [0.15, 0.2) is 0 Å². The topological polar surface area (TPSA) is 77.2 Å². The molecule has 0 amide bonds. The molecule has 106 valence electrons. The lowest BCUT2D eigenvalue weighted by Crippen LogP contribution is -2.03. The molecule has 1 aromatic carbocycles. The third kappa shape index (κ3) is 2.81. The van der Waals surface area contributed by atoms with Gasteiger partial charge in [0, 0.05) is 5.38 Å². The number of ether oxygens (including phenoxy) is 1. The molecule has 6 nitrogen and oxygen atoms in total. The molecule has 1 N–H and O–H groups in total. The van der Waals surface area contributed by atoms with Crippen molar-refractivity contribution in [1.82, 2.24) is 14.8 Å². The van der Waals surface area contributed by atoms with E-state index in [-0.39, 0.29) is 11.4 Å². The van der Waals surface area contributed by atoms with Crippen LogP contribution >= 0.6 is 27.3 Å². The van der Waals surface area contributed by atoms with Crippen molar-refractivity contribution in [3.63, 3.8) is 0 Å². The third-order valence-corrected chi connectivity index (χ3v) is 4.02. The standard InChI is InChI=1S/C13H8BrN3O3S/c14-10-7-21-13(16-10)20-11-9(12(18)19)6-15-17(11)8-4-2-1-3-5-8/h1-7H,(H,18,19). The van der Waals surface area contributed by atoms with Gasteiger partial charge in [0.2, 0.25) is 5.88 Å². The first-order valence-electron chi connectivity index (χ1n) is 5.81. The SMILES string of the molecule is O=C(O)c1cnn(-c2ccccc2)c1Oc1nc(Br)cs1. The third-order valence-electron chi connectivity index (χ3n) is 2.60. The summed E-state index contributed by atoms with van der Waals surface area (Å²) in [6, 6.07) is 9.15. The Balaban J connectivity index is 2.07. The Kier molecular flexibility index (Phi) is 3.72. The molecule has 3 aromatic rings. The Morgan fingerprint density at radius 3 is 2.71 bits per heavy atom. The number of nitrogens with zero attached hydrogens (tertiary/aromatic N) is 3. The van der Waals surface area contributed by atoms with Crippen molar-refractivity contribution in [3.8, 4) is 16.8 Å². The lowest BCUT2D eigenvalue weighted by molar-refractivity contribution is 0.0694. The molecule has 0 saturated heterocycles. The number of aromatic nitrogens is 3. The number of hydrogen-bond donors (Lipinski definition) is 1. The van der Waals surface area contributed by atoms with E-state index in [9.17, 15) is 9.90 Å². The molecule has 0 aliphatic heterocycles. The second kappa shape index (κ2) is 5.66. The van der Waals surface area contributed by atoms with E-state index < -0.39 is 5.97 Å². The van der Waals surface area contributed by atoms with Crippen molar-refractivity contribution in [2.24, 2.45) is 0 Å². The lowest BCUT2D eigenvalue weighted by atomic mass is 10.3. The van der Waals surface area contributed by atoms with E-state index in [1.807, 2.05) is 30.3 Å².